The first-order chi connectivity index (χ1) is 20.8. The van der Waals surface area contributed by atoms with E-state index in [9.17, 15) is 60.7 Å². The number of benzene rings is 2. The molecule has 2 heterocycles. The molecule has 44 heavy (non-hydrogen) atoms. The molecule has 4 aromatic rings. The Bertz CT molecular complexity index is 1760. The molecule has 24 nitrogen and oxygen atoms in total. The SMILES string of the molecule is O=[N+]([O-])c1cc([N+](=O)[O-])c(N=Nc2ncc(-c3cnc(N=Nc4c([N+](=O)[O-])cc([N+](=O)[O-])cc4[N+](=O)[O-])s3)s2)c([N+](=O)[O-])c1. The maximum atomic E-state index is 11.4. The zero-order valence-corrected chi connectivity index (χ0v) is 22.2. The Hall–Kier alpha value is -6.70. The minimum absolute atomic E-state index is 0.157. The van der Waals surface area contributed by atoms with Crippen LogP contribution in [0.3, 0.4) is 0 Å². The monoisotopic (exact) mass is 646 g/mol. The third-order valence-corrected chi connectivity index (χ3v) is 6.98. The van der Waals surface area contributed by atoms with Crippen molar-refractivity contribution in [1.82, 2.24) is 9.97 Å². The van der Waals surface area contributed by atoms with Gasteiger partial charge in [0.05, 0.1) is 63.6 Å². The van der Waals surface area contributed by atoms with Crippen LogP contribution in [-0.4, -0.2) is 39.5 Å². The van der Waals surface area contributed by atoms with Crippen LogP contribution in [0.1, 0.15) is 0 Å². The van der Waals surface area contributed by atoms with Crippen LogP contribution in [0.15, 0.2) is 57.1 Å². The van der Waals surface area contributed by atoms with Crippen molar-refractivity contribution >= 4 is 78.4 Å². The van der Waals surface area contributed by atoms with E-state index < -0.39 is 75.0 Å². The molecule has 0 unspecified atom stereocenters. The molecule has 0 amide bonds. The predicted molar refractivity (Wildman–Crippen MR) is 144 cm³/mol. The van der Waals surface area contributed by atoms with Gasteiger partial charge in [-0.1, -0.05) is 22.7 Å². The highest BCUT2D eigenvalue weighted by molar-refractivity contribution is 7.25. The van der Waals surface area contributed by atoms with Crippen LogP contribution < -0.4 is 0 Å². The summed E-state index contributed by atoms with van der Waals surface area (Å²) in [6.07, 6.45) is 2.50. The van der Waals surface area contributed by atoms with Crippen LogP contribution in [0.5, 0.6) is 0 Å². The van der Waals surface area contributed by atoms with E-state index in [4.69, 9.17) is 0 Å². The Morgan fingerprint density at radius 1 is 0.477 bits per heavy atom. The molecular weight excluding hydrogens is 640 g/mol. The standard InChI is InChI=1S/C18H6N12O12S2/c31-25(32)7-1-9(27(35)36)15(10(2-7)28(37)38)21-23-17-19-5-13(43-17)14-6-20-18(44-14)24-22-16-11(29(39)40)3-8(26(33)34)4-12(16)30(41)42/h1-6H. The first-order valence-electron chi connectivity index (χ1n) is 10.7. The summed E-state index contributed by atoms with van der Waals surface area (Å²) in [5, 5.41) is 81.7. The van der Waals surface area contributed by atoms with Gasteiger partial charge in [-0.05, 0) is 0 Å². The molecule has 2 aromatic heterocycles. The number of rotatable bonds is 11. The number of nitro groups is 6. The summed E-state index contributed by atoms with van der Waals surface area (Å²) in [5.41, 5.74) is -7.72. The van der Waals surface area contributed by atoms with Crippen molar-refractivity contribution in [3.63, 3.8) is 0 Å². The first-order valence-corrected chi connectivity index (χ1v) is 12.4. The molecule has 0 spiro atoms. The molecular formula is C18H6N12O12S2. The third-order valence-electron chi connectivity index (χ3n) is 5.02. The average Bonchev–Trinajstić information content (AvgIpc) is 3.63. The van der Waals surface area contributed by atoms with Crippen molar-refractivity contribution in [3.8, 4) is 9.75 Å². The van der Waals surface area contributed by atoms with E-state index in [1.165, 1.54) is 12.4 Å². The summed E-state index contributed by atoms with van der Waals surface area (Å²) in [6.45, 7) is 0. The molecule has 2 aromatic carbocycles. The number of hydrogen-bond acceptors (Lipinski definition) is 20. The van der Waals surface area contributed by atoms with Crippen LogP contribution in [0.4, 0.5) is 55.8 Å². The number of nitrogens with zero attached hydrogens (tertiary/aromatic N) is 12. The van der Waals surface area contributed by atoms with E-state index in [1.54, 1.807) is 0 Å². The lowest BCUT2D eigenvalue weighted by molar-refractivity contribution is -0.402. The van der Waals surface area contributed by atoms with Gasteiger partial charge in [-0.15, -0.1) is 20.5 Å². The van der Waals surface area contributed by atoms with Gasteiger partial charge in [-0.2, -0.15) is 0 Å². The average molecular weight is 646 g/mol. The van der Waals surface area contributed by atoms with Crippen molar-refractivity contribution < 1.29 is 29.5 Å². The normalized spacial score (nSPS) is 11.2. The second-order valence-corrected chi connectivity index (χ2v) is 9.64. The van der Waals surface area contributed by atoms with E-state index in [0.717, 1.165) is 22.7 Å². The summed E-state index contributed by atoms with van der Waals surface area (Å²) >= 11 is 1.65. The smallest absolute Gasteiger partial charge is 0.258 e. The lowest BCUT2D eigenvalue weighted by Crippen LogP contribution is -1.97. The highest BCUT2D eigenvalue weighted by atomic mass is 32.1. The largest absolute Gasteiger partial charge is 0.310 e. The van der Waals surface area contributed by atoms with Gasteiger partial charge < -0.3 is 0 Å². The minimum atomic E-state index is -1.10. The van der Waals surface area contributed by atoms with Gasteiger partial charge in [-0.25, -0.2) is 9.97 Å². The molecule has 0 fully saturated rings. The maximum Gasteiger partial charge on any atom is 0.310 e. The van der Waals surface area contributed by atoms with Crippen molar-refractivity contribution in [2.24, 2.45) is 20.5 Å². The van der Waals surface area contributed by atoms with Crippen LogP contribution in [0, 0.1) is 60.7 Å². The van der Waals surface area contributed by atoms with Crippen LogP contribution >= 0.6 is 22.7 Å². The summed E-state index contributed by atoms with van der Waals surface area (Å²) in [4.78, 5) is 69.6. The van der Waals surface area contributed by atoms with Gasteiger partial charge in [0.25, 0.3) is 11.4 Å². The van der Waals surface area contributed by atoms with Gasteiger partial charge in [0.1, 0.15) is 0 Å². The van der Waals surface area contributed by atoms with E-state index >= 15 is 0 Å². The zero-order chi connectivity index (χ0) is 32.3. The number of non-ortho nitro benzene ring substituents is 2. The molecule has 0 saturated carbocycles. The Labute approximate surface area is 245 Å². The molecule has 0 radical (unpaired) electrons. The van der Waals surface area contributed by atoms with E-state index in [1.807, 2.05) is 0 Å². The van der Waals surface area contributed by atoms with Gasteiger partial charge in [0.2, 0.25) is 21.6 Å². The van der Waals surface area contributed by atoms with Crippen molar-refractivity contribution in [3.05, 3.63) is 97.3 Å². The van der Waals surface area contributed by atoms with Gasteiger partial charge in [-0.3, -0.25) is 60.7 Å². The molecule has 26 heteroatoms. The summed E-state index contributed by atoms with van der Waals surface area (Å²) in [7, 11) is 0. The number of aromatic nitrogens is 2. The van der Waals surface area contributed by atoms with Gasteiger partial charge in [0, 0.05) is 12.4 Å². The van der Waals surface area contributed by atoms with E-state index in [2.05, 4.69) is 30.4 Å². The maximum absolute atomic E-state index is 11.4. The van der Waals surface area contributed by atoms with Crippen LogP contribution in [0.2, 0.25) is 0 Å². The molecule has 0 atom stereocenters. The molecule has 0 bridgehead atoms. The van der Waals surface area contributed by atoms with Crippen LogP contribution in [-0.2, 0) is 0 Å². The van der Waals surface area contributed by atoms with Gasteiger partial charge >= 0.3 is 22.7 Å². The fourth-order valence-electron chi connectivity index (χ4n) is 3.19. The van der Waals surface area contributed by atoms with Crippen molar-refractivity contribution in [2.45, 2.75) is 0 Å². The minimum Gasteiger partial charge on any atom is -0.258 e. The number of nitro benzene ring substituents is 6. The predicted octanol–water partition coefficient (Wildman–Crippen LogP) is 6.55. The Morgan fingerprint density at radius 3 is 1.02 bits per heavy atom. The Kier molecular flexibility index (Phi) is 8.28. The lowest BCUT2D eigenvalue weighted by Gasteiger charge is -1.99. The van der Waals surface area contributed by atoms with Crippen molar-refractivity contribution in [2.75, 3.05) is 0 Å². The third kappa shape index (κ3) is 6.28. The molecule has 222 valence electrons. The van der Waals surface area contributed by atoms with Crippen molar-refractivity contribution in [1.29, 1.82) is 0 Å². The molecule has 0 aliphatic heterocycles. The zero-order valence-electron chi connectivity index (χ0n) is 20.5. The summed E-state index contributed by atoms with van der Waals surface area (Å²) in [5.74, 6) is 0. The Morgan fingerprint density at radius 2 is 0.773 bits per heavy atom. The molecule has 0 N–H and O–H groups in total. The topological polar surface area (TPSA) is 334 Å². The molecule has 0 aliphatic rings. The van der Waals surface area contributed by atoms with E-state index in [-0.39, 0.29) is 10.3 Å². The number of azo groups is 2. The summed E-state index contributed by atoms with van der Waals surface area (Å²) < 4.78 is 0. The second-order valence-electron chi connectivity index (χ2n) is 7.62. The fraction of sp³-hybridized carbons (Fsp3) is 0. The second kappa shape index (κ2) is 12.0. The number of thiazole rings is 2. The Balaban J connectivity index is 1.64. The van der Waals surface area contributed by atoms with Crippen LogP contribution in [0.25, 0.3) is 9.75 Å². The van der Waals surface area contributed by atoms with E-state index in [0.29, 0.717) is 34.0 Å². The highest BCUT2D eigenvalue weighted by Gasteiger charge is 2.32. The molecule has 0 aliphatic carbocycles. The molecule has 0 saturated heterocycles. The fourth-order valence-corrected chi connectivity index (χ4v) is 4.72. The lowest BCUT2D eigenvalue weighted by atomic mass is 10.2. The number of hydrogen-bond donors (Lipinski definition) is 0. The first kappa shape index (κ1) is 30.3. The quantitative estimate of drug-likeness (QED) is 0.0947. The highest BCUT2D eigenvalue weighted by Crippen LogP contribution is 2.44. The summed E-state index contributed by atoms with van der Waals surface area (Å²) in [6, 6.07) is 1.95. The van der Waals surface area contributed by atoms with Gasteiger partial charge in [0.15, 0.2) is 0 Å². The molecule has 4 rings (SSSR count).